The van der Waals surface area contributed by atoms with Crippen molar-refractivity contribution < 1.29 is 9.53 Å². The number of aromatic nitrogens is 2. The van der Waals surface area contributed by atoms with Crippen LogP contribution in [-0.2, 0) is 16.0 Å². The number of imidazole rings is 1. The van der Waals surface area contributed by atoms with Crippen LogP contribution in [0.15, 0.2) is 29.0 Å². The number of nitrogens with zero attached hydrogens (tertiary/aromatic N) is 2. The van der Waals surface area contributed by atoms with Crippen molar-refractivity contribution in [2.45, 2.75) is 19.8 Å². The Balaban J connectivity index is 2.13. The molecule has 0 unspecified atom stereocenters. The van der Waals surface area contributed by atoms with Crippen molar-refractivity contribution in [1.29, 1.82) is 0 Å². The minimum atomic E-state index is -0.181. The highest BCUT2D eigenvalue weighted by Gasteiger charge is 2.07. The first-order valence-electron chi connectivity index (χ1n) is 5.48. The maximum atomic E-state index is 11.3. The number of fused-ring (bicyclic) bond motifs is 1. The molecule has 90 valence electrons. The van der Waals surface area contributed by atoms with Crippen molar-refractivity contribution in [3.63, 3.8) is 0 Å². The highest BCUT2D eigenvalue weighted by Crippen LogP contribution is 2.14. The zero-order valence-electron chi connectivity index (χ0n) is 9.52. The second-order valence-electron chi connectivity index (χ2n) is 3.62. The zero-order valence-corrected chi connectivity index (χ0v) is 11.1. The molecule has 5 heteroatoms. The standard InChI is InChI=1S/C12H13BrN2O2/c1-2-17-12(16)6-5-11-14-7-10-4-3-9(13)8-15(10)11/h3-4,7-8H,2,5-6H2,1H3. The van der Waals surface area contributed by atoms with Gasteiger partial charge in [-0.3, -0.25) is 4.79 Å². The van der Waals surface area contributed by atoms with Gasteiger partial charge in [0.15, 0.2) is 0 Å². The lowest BCUT2D eigenvalue weighted by Crippen LogP contribution is -2.06. The van der Waals surface area contributed by atoms with Crippen LogP contribution in [0.3, 0.4) is 0 Å². The first-order valence-corrected chi connectivity index (χ1v) is 6.27. The third-order valence-corrected chi connectivity index (χ3v) is 2.89. The van der Waals surface area contributed by atoms with E-state index in [9.17, 15) is 4.79 Å². The molecule has 0 aromatic carbocycles. The molecule has 2 heterocycles. The maximum absolute atomic E-state index is 11.3. The molecule has 0 radical (unpaired) electrons. The topological polar surface area (TPSA) is 43.6 Å². The molecule has 0 spiro atoms. The molecule has 2 aromatic rings. The summed E-state index contributed by atoms with van der Waals surface area (Å²) < 4.78 is 7.85. The van der Waals surface area contributed by atoms with Crippen molar-refractivity contribution in [3.05, 3.63) is 34.8 Å². The molecule has 0 saturated heterocycles. The van der Waals surface area contributed by atoms with Crippen molar-refractivity contribution in [2.75, 3.05) is 6.61 Å². The van der Waals surface area contributed by atoms with Crippen LogP contribution in [0, 0.1) is 0 Å². The van der Waals surface area contributed by atoms with E-state index in [2.05, 4.69) is 20.9 Å². The van der Waals surface area contributed by atoms with E-state index in [1.807, 2.05) is 22.7 Å². The Labute approximate surface area is 108 Å². The van der Waals surface area contributed by atoms with Gasteiger partial charge in [0.2, 0.25) is 0 Å². The minimum absolute atomic E-state index is 0.181. The second-order valence-corrected chi connectivity index (χ2v) is 4.54. The van der Waals surface area contributed by atoms with Gasteiger partial charge >= 0.3 is 5.97 Å². The van der Waals surface area contributed by atoms with Crippen LogP contribution < -0.4 is 0 Å². The van der Waals surface area contributed by atoms with Gasteiger partial charge in [-0.2, -0.15) is 0 Å². The highest BCUT2D eigenvalue weighted by molar-refractivity contribution is 9.10. The van der Waals surface area contributed by atoms with Crippen molar-refractivity contribution in [1.82, 2.24) is 9.38 Å². The van der Waals surface area contributed by atoms with E-state index < -0.39 is 0 Å². The van der Waals surface area contributed by atoms with Gasteiger partial charge in [-0.25, -0.2) is 4.98 Å². The van der Waals surface area contributed by atoms with Gasteiger partial charge in [0.1, 0.15) is 5.82 Å². The molecule has 0 saturated carbocycles. The van der Waals surface area contributed by atoms with Crippen LogP contribution >= 0.6 is 15.9 Å². The molecule has 2 aromatic heterocycles. The molecule has 0 aliphatic carbocycles. The Morgan fingerprint density at radius 3 is 3.12 bits per heavy atom. The molecule has 0 bridgehead atoms. The fourth-order valence-electron chi connectivity index (χ4n) is 1.65. The monoisotopic (exact) mass is 296 g/mol. The number of rotatable bonds is 4. The first-order chi connectivity index (χ1) is 8.20. The van der Waals surface area contributed by atoms with Gasteiger partial charge in [0, 0.05) is 17.1 Å². The molecule has 0 atom stereocenters. The first kappa shape index (κ1) is 12.1. The SMILES string of the molecule is CCOC(=O)CCc1ncc2ccc(Br)cn12. The van der Waals surface area contributed by atoms with Gasteiger partial charge in [0.05, 0.1) is 24.7 Å². The minimum Gasteiger partial charge on any atom is -0.466 e. The van der Waals surface area contributed by atoms with E-state index in [0.29, 0.717) is 19.4 Å². The summed E-state index contributed by atoms with van der Waals surface area (Å²) in [4.78, 5) is 15.6. The molecular weight excluding hydrogens is 284 g/mol. The largest absolute Gasteiger partial charge is 0.466 e. The normalized spacial score (nSPS) is 10.7. The summed E-state index contributed by atoms with van der Waals surface area (Å²) in [5.41, 5.74) is 1.02. The van der Waals surface area contributed by atoms with Crippen molar-refractivity contribution >= 4 is 27.4 Å². The average molecular weight is 297 g/mol. The van der Waals surface area contributed by atoms with Crippen LogP contribution in [0.2, 0.25) is 0 Å². The van der Waals surface area contributed by atoms with Crippen LogP contribution in [0.25, 0.3) is 5.52 Å². The molecular formula is C12H13BrN2O2. The number of aryl methyl sites for hydroxylation is 1. The summed E-state index contributed by atoms with van der Waals surface area (Å²) in [6.45, 7) is 2.23. The van der Waals surface area contributed by atoms with Gasteiger partial charge in [-0.1, -0.05) is 0 Å². The number of esters is 1. The number of halogens is 1. The molecule has 4 nitrogen and oxygen atoms in total. The molecule has 0 fully saturated rings. The van der Waals surface area contributed by atoms with Crippen molar-refractivity contribution in [3.8, 4) is 0 Å². The predicted octanol–water partition coefficient (Wildman–Crippen LogP) is 2.59. The lowest BCUT2D eigenvalue weighted by Gasteiger charge is -2.02. The molecule has 0 amide bonds. The Bertz CT molecular complexity index is 536. The predicted molar refractivity (Wildman–Crippen MR) is 67.8 cm³/mol. The average Bonchev–Trinajstić information content (AvgIpc) is 2.69. The smallest absolute Gasteiger partial charge is 0.306 e. The summed E-state index contributed by atoms with van der Waals surface area (Å²) in [5, 5.41) is 0. The maximum Gasteiger partial charge on any atom is 0.306 e. The number of carbonyl (C=O) groups excluding carboxylic acids is 1. The number of hydrogen-bond acceptors (Lipinski definition) is 3. The van der Waals surface area contributed by atoms with Crippen LogP contribution in [0.1, 0.15) is 19.2 Å². The lowest BCUT2D eigenvalue weighted by atomic mass is 10.3. The fraction of sp³-hybridized carbons (Fsp3) is 0.333. The molecule has 0 aliphatic heterocycles. The van der Waals surface area contributed by atoms with Crippen LogP contribution in [-0.4, -0.2) is 22.0 Å². The molecule has 0 aliphatic rings. The Kier molecular flexibility index (Phi) is 3.78. The van der Waals surface area contributed by atoms with E-state index in [-0.39, 0.29) is 5.97 Å². The van der Waals surface area contributed by atoms with E-state index in [1.165, 1.54) is 0 Å². The summed E-state index contributed by atoms with van der Waals surface area (Å²) >= 11 is 3.42. The molecule has 2 rings (SSSR count). The second kappa shape index (κ2) is 5.31. The van der Waals surface area contributed by atoms with Gasteiger partial charge in [-0.15, -0.1) is 0 Å². The van der Waals surface area contributed by atoms with Crippen molar-refractivity contribution in [2.24, 2.45) is 0 Å². The Morgan fingerprint density at radius 2 is 2.35 bits per heavy atom. The zero-order chi connectivity index (χ0) is 12.3. The third kappa shape index (κ3) is 2.85. The fourth-order valence-corrected chi connectivity index (χ4v) is 1.99. The molecule has 17 heavy (non-hydrogen) atoms. The number of ether oxygens (including phenoxy) is 1. The van der Waals surface area contributed by atoms with Gasteiger partial charge in [-0.05, 0) is 35.0 Å². The lowest BCUT2D eigenvalue weighted by molar-refractivity contribution is -0.143. The summed E-state index contributed by atoms with van der Waals surface area (Å²) in [5.74, 6) is 0.689. The summed E-state index contributed by atoms with van der Waals surface area (Å²) in [7, 11) is 0. The van der Waals surface area contributed by atoms with E-state index in [1.54, 1.807) is 13.1 Å². The summed E-state index contributed by atoms with van der Waals surface area (Å²) in [6, 6.07) is 3.94. The molecule has 0 N–H and O–H groups in total. The quantitative estimate of drug-likeness (QED) is 0.815. The van der Waals surface area contributed by atoms with Gasteiger partial charge < -0.3 is 9.14 Å². The van der Waals surface area contributed by atoms with E-state index >= 15 is 0 Å². The van der Waals surface area contributed by atoms with E-state index in [4.69, 9.17) is 4.74 Å². The highest BCUT2D eigenvalue weighted by atomic mass is 79.9. The number of carbonyl (C=O) groups is 1. The third-order valence-electron chi connectivity index (χ3n) is 2.43. The van der Waals surface area contributed by atoms with Crippen LogP contribution in [0.5, 0.6) is 0 Å². The Hall–Kier alpha value is -1.36. The number of pyridine rings is 1. The van der Waals surface area contributed by atoms with Crippen LogP contribution in [0.4, 0.5) is 0 Å². The summed E-state index contributed by atoms with van der Waals surface area (Å²) in [6.07, 6.45) is 4.69. The number of hydrogen-bond donors (Lipinski definition) is 0. The Morgan fingerprint density at radius 1 is 1.53 bits per heavy atom. The van der Waals surface area contributed by atoms with E-state index in [0.717, 1.165) is 15.8 Å². The van der Waals surface area contributed by atoms with Gasteiger partial charge in [0.25, 0.3) is 0 Å².